The first-order valence-corrected chi connectivity index (χ1v) is 8.74. The van der Waals surface area contributed by atoms with E-state index in [1.54, 1.807) is 11.3 Å². The Hall–Kier alpha value is -1.40. The van der Waals surface area contributed by atoms with Gasteiger partial charge in [0.25, 0.3) is 0 Å². The second-order valence-electron chi connectivity index (χ2n) is 5.17. The van der Waals surface area contributed by atoms with Crippen LogP contribution in [0, 0.1) is 17.6 Å². The number of thiophene rings is 1. The molecular formula is C16H17F2NOS2. The zero-order valence-corrected chi connectivity index (χ0v) is 13.9. The number of thioether (sulfide) groups is 1. The van der Waals surface area contributed by atoms with Crippen LogP contribution in [-0.2, 0) is 4.79 Å². The van der Waals surface area contributed by atoms with Crippen LogP contribution in [-0.4, -0.2) is 11.7 Å². The molecule has 2 rings (SSSR count). The summed E-state index contributed by atoms with van der Waals surface area (Å²) in [6.07, 6.45) is 0. The Morgan fingerprint density at radius 2 is 2.09 bits per heavy atom. The fraction of sp³-hybridized carbons (Fsp3) is 0.312. The summed E-state index contributed by atoms with van der Waals surface area (Å²) in [5.41, 5.74) is 0. The third-order valence-electron chi connectivity index (χ3n) is 3.08. The number of carbonyl (C=O) groups excluding carboxylic acids is 1. The fourth-order valence-corrected chi connectivity index (χ4v) is 3.70. The van der Waals surface area contributed by atoms with Crippen LogP contribution in [0.2, 0.25) is 0 Å². The molecule has 0 aliphatic rings. The van der Waals surface area contributed by atoms with Crippen molar-refractivity contribution >= 4 is 29.0 Å². The number of nitrogens with one attached hydrogen (secondary N) is 1. The normalized spacial score (nSPS) is 12.4. The Labute approximate surface area is 136 Å². The van der Waals surface area contributed by atoms with Gasteiger partial charge < -0.3 is 5.32 Å². The molecule has 22 heavy (non-hydrogen) atoms. The van der Waals surface area contributed by atoms with E-state index >= 15 is 0 Å². The van der Waals surface area contributed by atoms with Crippen molar-refractivity contribution < 1.29 is 13.6 Å². The number of rotatable bonds is 6. The molecule has 0 aliphatic carbocycles. The third kappa shape index (κ3) is 4.55. The monoisotopic (exact) mass is 341 g/mol. The lowest BCUT2D eigenvalue weighted by molar-refractivity contribution is -0.119. The molecule has 2 nitrogen and oxygen atoms in total. The molecule has 0 spiro atoms. The summed E-state index contributed by atoms with van der Waals surface area (Å²) < 4.78 is 26.6. The maximum Gasteiger partial charge on any atom is 0.230 e. The molecule has 6 heteroatoms. The number of hydrogen-bond acceptors (Lipinski definition) is 3. The van der Waals surface area contributed by atoms with Gasteiger partial charge in [-0.25, -0.2) is 8.78 Å². The van der Waals surface area contributed by atoms with Crippen molar-refractivity contribution in [1.29, 1.82) is 0 Å². The summed E-state index contributed by atoms with van der Waals surface area (Å²) >= 11 is 2.59. The van der Waals surface area contributed by atoms with Crippen LogP contribution in [0.15, 0.2) is 40.6 Å². The van der Waals surface area contributed by atoms with E-state index in [-0.39, 0.29) is 28.5 Å². The number of hydrogen-bond donors (Lipinski definition) is 1. The highest BCUT2D eigenvalue weighted by molar-refractivity contribution is 8.00. The first-order chi connectivity index (χ1) is 10.5. The third-order valence-corrected chi connectivity index (χ3v) is 5.07. The van der Waals surface area contributed by atoms with Crippen LogP contribution in [0.25, 0.3) is 0 Å². The molecule has 0 saturated carbocycles. The van der Waals surface area contributed by atoms with E-state index in [4.69, 9.17) is 0 Å². The van der Waals surface area contributed by atoms with Gasteiger partial charge in [-0.3, -0.25) is 4.79 Å². The Morgan fingerprint density at radius 3 is 2.73 bits per heavy atom. The van der Waals surface area contributed by atoms with Crippen molar-refractivity contribution in [2.75, 3.05) is 5.75 Å². The first-order valence-electron chi connectivity index (χ1n) is 6.88. The highest BCUT2D eigenvalue weighted by Crippen LogP contribution is 2.27. The van der Waals surface area contributed by atoms with Gasteiger partial charge in [-0.05, 0) is 35.6 Å². The number of carbonyl (C=O) groups is 1. The van der Waals surface area contributed by atoms with E-state index in [2.05, 4.69) is 5.32 Å². The number of halogens is 2. The maximum atomic E-state index is 13.5. The van der Waals surface area contributed by atoms with Crippen molar-refractivity contribution in [2.45, 2.75) is 24.8 Å². The van der Waals surface area contributed by atoms with Gasteiger partial charge in [-0.15, -0.1) is 23.1 Å². The molecule has 1 heterocycles. The molecule has 0 radical (unpaired) electrons. The van der Waals surface area contributed by atoms with Crippen molar-refractivity contribution in [2.24, 2.45) is 5.92 Å². The topological polar surface area (TPSA) is 29.1 Å². The highest BCUT2D eigenvalue weighted by Gasteiger charge is 2.19. The molecule has 118 valence electrons. The Bertz CT molecular complexity index is 629. The molecule has 0 saturated heterocycles. The van der Waals surface area contributed by atoms with Gasteiger partial charge in [-0.2, -0.15) is 0 Å². The minimum Gasteiger partial charge on any atom is -0.347 e. The lowest BCUT2D eigenvalue weighted by atomic mass is 10.0. The maximum absolute atomic E-state index is 13.5. The van der Waals surface area contributed by atoms with Crippen LogP contribution < -0.4 is 5.32 Å². The molecule has 1 amide bonds. The van der Waals surface area contributed by atoms with Gasteiger partial charge in [0, 0.05) is 9.77 Å². The summed E-state index contributed by atoms with van der Waals surface area (Å²) in [4.78, 5) is 13.3. The van der Waals surface area contributed by atoms with E-state index in [0.717, 1.165) is 34.8 Å². The highest BCUT2D eigenvalue weighted by atomic mass is 32.2. The minimum absolute atomic E-state index is 0.0506. The molecular weight excluding hydrogens is 324 g/mol. The molecule has 1 aromatic carbocycles. The molecule has 1 atom stereocenters. The summed E-state index contributed by atoms with van der Waals surface area (Å²) in [5.74, 6) is -0.922. The van der Waals surface area contributed by atoms with Crippen molar-refractivity contribution in [3.63, 3.8) is 0 Å². The van der Waals surface area contributed by atoms with E-state index in [0.29, 0.717) is 0 Å². The molecule has 0 bridgehead atoms. The second kappa shape index (κ2) is 7.74. The Balaban J connectivity index is 1.96. The molecule has 1 N–H and O–H groups in total. The first kappa shape index (κ1) is 17.0. The van der Waals surface area contributed by atoms with Crippen LogP contribution >= 0.6 is 23.1 Å². The smallest absolute Gasteiger partial charge is 0.230 e. The SMILES string of the molecule is CC(C)[C@H](NC(=O)CSc1cc(F)ccc1F)c1cccs1. The average molecular weight is 341 g/mol. The lowest BCUT2D eigenvalue weighted by Gasteiger charge is -2.21. The van der Waals surface area contributed by atoms with Gasteiger partial charge in [-0.1, -0.05) is 19.9 Å². The molecule has 0 aliphatic heterocycles. The predicted molar refractivity (Wildman–Crippen MR) is 87.1 cm³/mol. The Kier molecular flexibility index (Phi) is 5.97. The van der Waals surface area contributed by atoms with Crippen LogP contribution in [0.4, 0.5) is 8.78 Å². The quantitative estimate of drug-likeness (QED) is 0.776. The van der Waals surface area contributed by atoms with Gasteiger partial charge in [0.15, 0.2) is 0 Å². The lowest BCUT2D eigenvalue weighted by Crippen LogP contribution is -2.32. The number of amides is 1. The van der Waals surface area contributed by atoms with E-state index in [1.807, 2.05) is 31.4 Å². The Morgan fingerprint density at radius 1 is 1.32 bits per heavy atom. The van der Waals surface area contributed by atoms with Crippen molar-refractivity contribution in [3.05, 3.63) is 52.2 Å². The summed E-state index contributed by atoms with van der Waals surface area (Å²) in [7, 11) is 0. The molecule has 0 fully saturated rings. The van der Waals surface area contributed by atoms with E-state index in [1.165, 1.54) is 0 Å². The molecule has 0 unspecified atom stereocenters. The predicted octanol–water partition coefficient (Wildman–Crippen LogP) is 4.63. The minimum atomic E-state index is -0.516. The van der Waals surface area contributed by atoms with Crippen LogP contribution in [0.1, 0.15) is 24.8 Å². The van der Waals surface area contributed by atoms with E-state index < -0.39 is 11.6 Å². The van der Waals surface area contributed by atoms with Crippen LogP contribution in [0.5, 0.6) is 0 Å². The largest absolute Gasteiger partial charge is 0.347 e. The van der Waals surface area contributed by atoms with Gasteiger partial charge >= 0.3 is 0 Å². The van der Waals surface area contributed by atoms with Crippen molar-refractivity contribution in [3.8, 4) is 0 Å². The van der Waals surface area contributed by atoms with Gasteiger partial charge in [0.1, 0.15) is 11.6 Å². The van der Waals surface area contributed by atoms with Gasteiger partial charge in [0.05, 0.1) is 11.8 Å². The second-order valence-corrected chi connectivity index (χ2v) is 7.16. The van der Waals surface area contributed by atoms with Crippen LogP contribution in [0.3, 0.4) is 0 Å². The zero-order valence-electron chi connectivity index (χ0n) is 12.3. The van der Waals surface area contributed by atoms with E-state index in [9.17, 15) is 13.6 Å². The molecule has 2 aromatic rings. The average Bonchev–Trinajstić information content (AvgIpc) is 2.99. The summed E-state index contributed by atoms with van der Waals surface area (Å²) in [6, 6.07) is 7.09. The van der Waals surface area contributed by atoms with Gasteiger partial charge in [0.2, 0.25) is 5.91 Å². The fourth-order valence-electron chi connectivity index (χ4n) is 1.98. The molecule has 1 aromatic heterocycles. The van der Waals surface area contributed by atoms with Crippen molar-refractivity contribution in [1.82, 2.24) is 5.32 Å². The number of benzene rings is 1. The zero-order chi connectivity index (χ0) is 16.1. The standard InChI is InChI=1S/C16H17F2NOS2/c1-10(2)16(13-4-3-7-21-13)19-15(20)9-22-14-8-11(17)5-6-12(14)18/h3-8,10,16H,9H2,1-2H3,(H,19,20)/t16-/m0/s1. The summed E-state index contributed by atoms with van der Waals surface area (Å²) in [5, 5.41) is 4.92. The summed E-state index contributed by atoms with van der Waals surface area (Å²) in [6.45, 7) is 4.06.